The topological polar surface area (TPSA) is 70.8 Å². The monoisotopic (exact) mass is 423 g/mol. The van der Waals surface area contributed by atoms with Crippen LogP contribution in [-0.4, -0.2) is 19.1 Å². The Labute approximate surface area is 161 Å². The molecular weight excluding hydrogens is 402 g/mol. The fourth-order valence-corrected chi connectivity index (χ4v) is 3.23. The van der Waals surface area contributed by atoms with E-state index in [0.717, 1.165) is 27.8 Å². The zero-order valence-corrected chi connectivity index (χ0v) is 17.0. The van der Waals surface area contributed by atoms with Crippen LogP contribution < -0.4 is 14.2 Å². The molecule has 0 N–H and O–H groups in total. The Bertz CT molecular complexity index is 799. The van der Waals surface area contributed by atoms with Crippen molar-refractivity contribution in [1.29, 1.82) is 0 Å². The van der Waals surface area contributed by atoms with Crippen LogP contribution in [0.3, 0.4) is 0 Å². The summed E-state index contributed by atoms with van der Waals surface area (Å²) in [6, 6.07) is 7.03. The minimum absolute atomic E-state index is 0.0671. The zero-order valence-electron chi connectivity index (χ0n) is 15.5. The number of nitro groups is 1. The van der Waals surface area contributed by atoms with Crippen LogP contribution in [-0.2, 0) is 5.33 Å². The first-order valence-corrected chi connectivity index (χ1v) is 9.17. The van der Waals surface area contributed by atoms with E-state index < -0.39 is 11.0 Å². The Hall–Kier alpha value is -2.28. The SMILES string of the molecule is COc1cc(C(C)Oc2c(C)cc(CBr)cc2C)c([N+](=O)[O-])cc1OC. The van der Waals surface area contributed by atoms with Gasteiger partial charge in [0.25, 0.3) is 5.69 Å². The van der Waals surface area contributed by atoms with Crippen molar-refractivity contribution in [1.82, 2.24) is 0 Å². The highest BCUT2D eigenvalue weighted by molar-refractivity contribution is 9.08. The van der Waals surface area contributed by atoms with Crippen LogP contribution in [0.4, 0.5) is 5.69 Å². The highest BCUT2D eigenvalue weighted by Gasteiger charge is 2.25. The highest BCUT2D eigenvalue weighted by atomic mass is 79.9. The zero-order chi connectivity index (χ0) is 19.4. The molecule has 0 aliphatic heterocycles. The van der Waals surface area contributed by atoms with Gasteiger partial charge in [0.1, 0.15) is 11.9 Å². The number of aryl methyl sites for hydroxylation is 2. The number of halogens is 1. The fraction of sp³-hybridized carbons (Fsp3) is 0.368. The van der Waals surface area contributed by atoms with Gasteiger partial charge in [-0.1, -0.05) is 28.1 Å². The Balaban J connectivity index is 2.47. The van der Waals surface area contributed by atoms with E-state index in [1.165, 1.54) is 20.3 Å². The van der Waals surface area contributed by atoms with Gasteiger partial charge in [0.2, 0.25) is 0 Å². The summed E-state index contributed by atoms with van der Waals surface area (Å²) in [5, 5.41) is 12.3. The molecule has 1 unspecified atom stereocenters. The van der Waals surface area contributed by atoms with E-state index in [1.807, 2.05) is 26.0 Å². The molecular formula is C19H22BrNO5. The predicted molar refractivity (Wildman–Crippen MR) is 104 cm³/mol. The lowest BCUT2D eigenvalue weighted by Crippen LogP contribution is -2.09. The van der Waals surface area contributed by atoms with Crippen molar-refractivity contribution in [2.75, 3.05) is 14.2 Å². The normalized spacial score (nSPS) is 11.8. The Morgan fingerprint density at radius 3 is 2.08 bits per heavy atom. The number of alkyl halides is 1. The first-order chi connectivity index (χ1) is 12.3. The van der Waals surface area contributed by atoms with Gasteiger partial charge in [-0.05, 0) is 43.5 Å². The molecule has 26 heavy (non-hydrogen) atoms. The number of ether oxygens (including phenoxy) is 3. The summed E-state index contributed by atoms with van der Waals surface area (Å²) in [6.45, 7) is 5.71. The summed E-state index contributed by atoms with van der Waals surface area (Å²) in [6.07, 6.45) is -0.539. The van der Waals surface area contributed by atoms with Crippen LogP contribution in [0.5, 0.6) is 17.2 Å². The molecule has 2 rings (SSSR count). The highest BCUT2D eigenvalue weighted by Crippen LogP contribution is 2.39. The molecule has 0 fully saturated rings. The minimum Gasteiger partial charge on any atom is -0.493 e. The molecule has 140 valence electrons. The maximum absolute atomic E-state index is 11.5. The fourth-order valence-electron chi connectivity index (χ4n) is 2.91. The summed E-state index contributed by atoms with van der Waals surface area (Å²) < 4.78 is 16.6. The van der Waals surface area contributed by atoms with E-state index >= 15 is 0 Å². The van der Waals surface area contributed by atoms with E-state index in [4.69, 9.17) is 14.2 Å². The molecule has 0 aliphatic rings. The quantitative estimate of drug-likeness (QED) is 0.344. The van der Waals surface area contributed by atoms with Crippen LogP contribution in [0.2, 0.25) is 0 Å². The third-order valence-corrected chi connectivity index (χ3v) is 4.78. The number of rotatable bonds is 7. The third-order valence-electron chi connectivity index (χ3n) is 4.14. The largest absolute Gasteiger partial charge is 0.493 e. The first kappa shape index (κ1) is 20.0. The second-order valence-electron chi connectivity index (χ2n) is 5.98. The molecule has 6 nitrogen and oxygen atoms in total. The molecule has 2 aromatic rings. The van der Waals surface area contributed by atoms with Crippen molar-refractivity contribution < 1.29 is 19.1 Å². The Kier molecular flexibility index (Phi) is 6.47. The average Bonchev–Trinajstić information content (AvgIpc) is 2.62. The summed E-state index contributed by atoms with van der Waals surface area (Å²) >= 11 is 3.45. The summed E-state index contributed by atoms with van der Waals surface area (Å²) in [4.78, 5) is 11.1. The van der Waals surface area contributed by atoms with Crippen molar-refractivity contribution in [2.24, 2.45) is 0 Å². The minimum atomic E-state index is -0.539. The molecule has 0 aliphatic carbocycles. The molecule has 0 saturated carbocycles. The second-order valence-corrected chi connectivity index (χ2v) is 6.54. The standard InChI is InChI=1S/C19H22BrNO5/c1-11-6-14(10-20)7-12(2)19(11)26-13(3)15-8-17(24-4)18(25-5)9-16(15)21(22)23/h6-9,13H,10H2,1-5H3. The van der Waals surface area contributed by atoms with Crippen molar-refractivity contribution in [3.8, 4) is 17.2 Å². The Morgan fingerprint density at radius 2 is 1.62 bits per heavy atom. The van der Waals surface area contributed by atoms with E-state index in [0.29, 0.717) is 17.1 Å². The molecule has 0 heterocycles. The van der Waals surface area contributed by atoms with E-state index in [9.17, 15) is 10.1 Å². The molecule has 7 heteroatoms. The smallest absolute Gasteiger partial charge is 0.280 e. The first-order valence-electron chi connectivity index (χ1n) is 8.05. The second kappa shape index (κ2) is 8.40. The number of nitro benzene ring substituents is 1. The summed E-state index contributed by atoms with van der Waals surface area (Å²) in [5.74, 6) is 1.46. The maximum atomic E-state index is 11.5. The average molecular weight is 424 g/mol. The van der Waals surface area contributed by atoms with Gasteiger partial charge >= 0.3 is 0 Å². The molecule has 0 spiro atoms. The van der Waals surface area contributed by atoms with E-state index in [-0.39, 0.29) is 5.69 Å². The third kappa shape index (κ3) is 4.09. The van der Waals surface area contributed by atoms with Crippen molar-refractivity contribution in [3.05, 3.63) is 56.6 Å². The lowest BCUT2D eigenvalue weighted by Gasteiger charge is -2.20. The van der Waals surface area contributed by atoms with Crippen LogP contribution in [0.1, 0.15) is 35.3 Å². The molecule has 1 atom stereocenters. The van der Waals surface area contributed by atoms with Gasteiger partial charge in [-0.2, -0.15) is 0 Å². The van der Waals surface area contributed by atoms with Crippen molar-refractivity contribution in [2.45, 2.75) is 32.2 Å². The summed E-state index contributed by atoms with van der Waals surface area (Å²) in [5.41, 5.74) is 3.47. The number of hydrogen-bond donors (Lipinski definition) is 0. The maximum Gasteiger partial charge on any atom is 0.280 e. The molecule has 0 saturated heterocycles. The van der Waals surface area contributed by atoms with Crippen molar-refractivity contribution >= 4 is 21.6 Å². The van der Waals surface area contributed by atoms with Crippen LogP contribution >= 0.6 is 15.9 Å². The van der Waals surface area contributed by atoms with Gasteiger partial charge in [-0.15, -0.1) is 0 Å². The Morgan fingerprint density at radius 1 is 1.08 bits per heavy atom. The van der Waals surface area contributed by atoms with E-state index in [2.05, 4.69) is 15.9 Å². The van der Waals surface area contributed by atoms with Crippen molar-refractivity contribution in [3.63, 3.8) is 0 Å². The molecule has 2 aromatic carbocycles. The van der Waals surface area contributed by atoms with E-state index in [1.54, 1.807) is 13.0 Å². The molecule has 0 amide bonds. The van der Waals surface area contributed by atoms with Gasteiger partial charge in [-0.3, -0.25) is 10.1 Å². The van der Waals surface area contributed by atoms with Gasteiger partial charge in [0.05, 0.1) is 30.8 Å². The number of methoxy groups -OCH3 is 2. The van der Waals surface area contributed by atoms with Gasteiger partial charge in [-0.25, -0.2) is 0 Å². The van der Waals surface area contributed by atoms with Gasteiger partial charge < -0.3 is 14.2 Å². The van der Waals surface area contributed by atoms with Gasteiger partial charge in [0.15, 0.2) is 11.5 Å². The lowest BCUT2D eigenvalue weighted by atomic mass is 10.0. The predicted octanol–water partition coefficient (Wildman–Crippen LogP) is 5.26. The van der Waals surface area contributed by atoms with Crippen LogP contribution in [0.15, 0.2) is 24.3 Å². The number of benzene rings is 2. The van der Waals surface area contributed by atoms with Crippen LogP contribution in [0.25, 0.3) is 0 Å². The lowest BCUT2D eigenvalue weighted by molar-refractivity contribution is -0.386. The summed E-state index contributed by atoms with van der Waals surface area (Å²) in [7, 11) is 2.94. The molecule has 0 bridgehead atoms. The number of nitrogens with zero attached hydrogens (tertiary/aromatic N) is 1. The van der Waals surface area contributed by atoms with Crippen LogP contribution in [0, 0.1) is 24.0 Å². The molecule has 0 radical (unpaired) electrons. The van der Waals surface area contributed by atoms with Gasteiger partial charge in [0, 0.05) is 5.33 Å². The molecule has 0 aromatic heterocycles. The number of hydrogen-bond acceptors (Lipinski definition) is 5.